The van der Waals surface area contributed by atoms with Crippen molar-refractivity contribution in [2.75, 3.05) is 0 Å². The Bertz CT molecular complexity index is 1380. The molecule has 2 unspecified atom stereocenters. The van der Waals surface area contributed by atoms with Gasteiger partial charge in [-0.05, 0) is 42.0 Å². The van der Waals surface area contributed by atoms with E-state index in [0.717, 1.165) is 8.78 Å². The first-order valence-corrected chi connectivity index (χ1v) is 12.4. The molecule has 0 bridgehead atoms. The second kappa shape index (κ2) is 9.02. The van der Waals surface area contributed by atoms with Gasteiger partial charge in [0.05, 0.1) is 22.5 Å². The second-order valence-electron chi connectivity index (χ2n) is 7.37. The number of nitriles is 1. The van der Waals surface area contributed by atoms with Gasteiger partial charge in [-0.2, -0.15) is 5.26 Å². The van der Waals surface area contributed by atoms with E-state index in [-0.39, 0.29) is 16.3 Å². The van der Waals surface area contributed by atoms with Crippen LogP contribution in [-0.2, 0) is 10.0 Å². The lowest BCUT2D eigenvalue weighted by molar-refractivity contribution is 0.0910. The zero-order chi connectivity index (χ0) is 23.8. The Morgan fingerprint density at radius 1 is 1.00 bits per heavy atom. The fourth-order valence-electron chi connectivity index (χ4n) is 3.90. The lowest BCUT2D eigenvalue weighted by Gasteiger charge is -2.29. The molecule has 0 aliphatic carbocycles. The Balaban J connectivity index is 1.94. The number of sulfonamides is 1. The number of benzene rings is 3. The van der Waals surface area contributed by atoms with Crippen molar-refractivity contribution in [3.05, 3.63) is 111 Å². The minimum atomic E-state index is -4.29. The smallest absolute Gasteiger partial charge is 0.266 e. The van der Waals surface area contributed by atoms with Gasteiger partial charge < -0.3 is 5.73 Å². The van der Waals surface area contributed by atoms with E-state index in [2.05, 4.69) is 15.9 Å². The molecule has 0 fully saturated rings. The third kappa shape index (κ3) is 4.15. The number of halogens is 2. The van der Waals surface area contributed by atoms with Gasteiger partial charge in [0.2, 0.25) is 0 Å². The number of carbonyl (C=O) groups excluding carboxylic acids is 1. The van der Waals surface area contributed by atoms with Crippen LogP contribution in [0.25, 0.3) is 0 Å². The number of hydrogen-bond donors (Lipinski definition) is 1. The van der Waals surface area contributed by atoms with Crippen molar-refractivity contribution in [1.29, 1.82) is 5.26 Å². The molecule has 4 rings (SSSR count). The molecule has 9 heteroatoms. The van der Waals surface area contributed by atoms with Crippen molar-refractivity contribution in [3.63, 3.8) is 0 Å². The Morgan fingerprint density at radius 2 is 1.61 bits per heavy atom. The van der Waals surface area contributed by atoms with Gasteiger partial charge >= 0.3 is 0 Å². The van der Waals surface area contributed by atoms with Crippen LogP contribution in [0.1, 0.15) is 21.8 Å². The first kappa shape index (κ1) is 23.1. The van der Waals surface area contributed by atoms with E-state index in [1.54, 1.807) is 54.6 Å². The maximum atomic E-state index is 13.7. The van der Waals surface area contributed by atoms with Crippen LogP contribution in [-0.4, -0.2) is 24.5 Å². The highest BCUT2D eigenvalue weighted by Crippen LogP contribution is 2.43. The molecule has 166 valence electrons. The van der Waals surface area contributed by atoms with Crippen molar-refractivity contribution >= 4 is 43.3 Å². The molecule has 3 aromatic carbocycles. The fourth-order valence-corrected chi connectivity index (χ4v) is 5.87. The van der Waals surface area contributed by atoms with Gasteiger partial charge in [-0.3, -0.25) is 4.79 Å². The summed E-state index contributed by atoms with van der Waals surface area (Å²) in [7, 11) is -4.29. The summed E-state index contributed by atoms with van der Waals surface area (Å²) in [6, 6.07) is 21.7. The van der Waals surface area contributed by atoms with Gasteiger partial charge in [-0.15, -0.1) is 0 Å². The SMILES string of the molecule is N#CC1=C(N)N(S(=O)(=O)c2ccc(Cl)cc2)C(C(=O)c2ccccc2)C1c1ccc(Br)cc1. The number of carbonyl (C=O) groups is 1. The summed E-state index contributed by atoms with van der Waals surface area (Å²) < 4.78 is 29.1. The van der Waals surface area contributed by atoms with E-state index in [9.17, 15) is 18.5 Å². The number of rotatable bonds is 5. The van der Waals surface area contributed by atoms with Gasteiger partial charge in [0, 0.05) is 15.1 Å². The van der Waals surface area contributed by atoms with Crippen molar-refractivity contribution in [1.82, 2.24) is 4.31 Å². The molecule has 3 aromatic rings. The van der Waals surface area contributed by atoms with Gasteiger partial charge in [0.15, 0.2) is 5.78 Å². The van der Waals surface area contributed by atoms with Gasteiger partial charge in [0.25, 0.3) is 10.0 Å². The van der Waals surface area contributed by atoms with Crippen molar-refractivity contribution in [2.24, 2.45) is 5.73 Å². The van der Waals surface area contributed by atoms with Crippen LogP contribution in [0.15, 0.2) is 99.6 Å². The zero-order valence-corrected chi connectivity index (χ0v) is 20.2. The van der Waals surface area contributed by atoms with E-state index in [4.69, 9.17) is 17.3 Å². The van der Waals surface area contributed by atoms with Crippen LogP contribution >= 0.6 is 27.5 Å². The van der Waals surface area contributed by atoms with Crippen LogP contribution in [0.4, 0.5) is 0 Å². The molecule has 2 atom stereocenters. The molecular formula is C24H17BrClN3O3S. The number of nitrogens with two attached hydrogens (primary N) is 1. The molecule has 0 saturated carbocycles. The predicted molar refractivity (Wildman–Crippen MR) is 129 cm³/mol. The summed E-state index contributed by atoms with van der Waals surface area (Å²) in [5, 5.41) is 10.3. The van der Waals surface area contributed by atoms with Crippen molar-refractivity contribution < 1.29 is 13.2 Å². The average Bonchev–Trinajstić information content (AvgIpc) is 3.12. The van der Waals surface area contributed by atoms with Crippen LogP contribution in [0.5, 0.6) is 0 Å². The lowest BCUT2D eigenvalue weighted by Crippen LogP contribution is -2.45. The summed E-state index contributed by atoms with van der Waals surface area (Å²) in [4.78, 5) is 13.6. The standard InChI is InChI=1S/C24H17BrClN3O3S/c25-17-8-6-15(7-9-17)21-20(14-27)24(28)29(22(21)23(30)16-4-2-1-3-5-16)33(31,32)19-12-10-18(26)11-13-19/h1-13,21-22H,28H2. The van der Waals surface area contributed by atoms with Crippen LogP contribution in [0, 0.1) is 11.3 Å². The molecule has 33 heavy (non-hydrogen) atoms. The number of Topliss-reactive ketones (excluding diaryl/α,β-unsaturated/α-hetero) is 1. The molecule has 1 aliphatic heterocycles. The molecule has 0 radical (unpaired) electrons. The molecular weight excluding hydrogens is 526 g/mol. The van der Waals surface area contributed by atoms with Crippen LogP contribution < -0.4 is 5.73 Å². The largest absolute Gasteiger partial charge is 0.384 e. The van der Waals surface area contributed by atoms with Gasteiger partial charge in [0.1, 0.15) is 11.9 Å². The number of nitrogens with zero attached hydrogens (tertiary/aromatic N) is 2. The van der Waals surface area contributed by atoms with Crippen LogP contribution in [0.3, 0.4) is 0 Å². The normalized spacial score (nSPS) is 18.3. The Kier molecular flexibility index (Phi) is 6.30. The molecule has 0 aromatic heterocycles. The molecule has 2 N–H and O–H groups in total. The first-order chi connectivity index (χ1) is 15.8. The first-order valence-electron chi connectivity index (χ1n) is 9.80. The summed E-state index contributed by atoms with van der Waals surface area (Å²) in [6.45, 7) is 0. The molecule has 0 amide bonds. The summed E-state index contributed by atoms with van der Waals surface area (Å²) in [5.41, 5.74) is 7.20. The molecule has 0 saturated heterocycles. The summed E-state index contributed by atoms with van der Waals surface area (Å²) in [6.07, 6.45) is 0. The topological polar surface area (TPSA) is 104 Å². The van der Waals surface area contributed by atoms with Crippen molar-refractivity contribution in [3.8, 4) is 6.07 Å². The Hall–Kier alpha value is -3.12. The van der Waals surface area contributed by atoms with E-state index >= 15 is 0 Å². The monoisotopic (exact) mass is 541 g/mol. The minimum Gasteiger partial charge on any atom is -0.384 e. The highest BCUT2D eigenvalue weighted by Gasteiger charge is 2.50. The molecule has 0 spiro atoms. The third-order valence-corrected chi connectivity index (χ3v) is 8.03. The number of hydrogen-bond acceptors (Lipinski definition) is 5. The highest BCUT2D eigenvalue weighted by molar-refractivity contribution is 9.10. The fraction of sp³-hybridized carbons (Fsp3) is 0.0833. The molecule has 1 heterocycles. The quantitative estimate of drug-likeness (QED) is 0.465. The Morgan fingerprint density at radius 3 is 2.18 bits per heavy atom. The van der Waals surface area contributed by atoms with E-state index in [0.29, 0.717) is 16.1 Å². The highest BCUT2D eigenvalue weighted by atomic mass is 79.9. The zero-order valence-electron chi connectivity index (χ0n) is 17.0. The van der Waals surface area contributed by atoms with E-state index in [1.165, 1.54) is 24.3 Å². The third-order valence-electron chi connectivity index (χ3n) is 5.44. The Labute approximate surface area is 205 Å². The molecule has 6 nitrogen and oxygen atoms in total. The lowest BCUT2D eigenvalue weighted by atomic mass is 9.84. The predicted octanol–water partition coefficient (Wildman–Crippen LogP) is 4.84. The van der Waals surface area contributed by atoms with Crippen molar-refractivity contribution in [2.45, 2.75) is 16.9 Å². The average molecular weight is 543 g/mol. The van der Waals surface area contributed by atoms with Crippen LogP contribution in [0.2, 0.25) is 5.02 Å². The van der Waals surface area contributed by atoms with Gasteiger partial charge in [-0.1, -0.05) is 70.0 Å². The van der Waals surface area contributed by atoms with E-state index < -0.39 is 27.8 Å². The second-order valence-corrected chi connectivity index (χ2v) is 10.5. The minimum absolute atomic E-state index is 0.0177. The summed E-state index contributed by atoms with van der Waals surface area (Å²) >= 11 is 9.30. The van der Waals surface area contributed by atoms with Gasteiger partial charge in [-0.25, -0.2) is 12.7 Å². The summed E-state index contributed by atoms with van der Waals surface area (Å²) in [5.74, 6) is -1.61. The maximum Gasteiger partial charge on any atom is 0.266 e. The maximum absolute atomic E-state index is 13.7. The number of ketones is 1. The van der Waals surface area contributed by atoms with E-state index in [1.807, 2.05) is 6.07 Å². The molecule has 1 aliphatic rings.